The first kappa shape index (κ1) is 14.4. The maximum atomic E-state index is 11.0. The van der Waals surface area contributed by atoms with Crippen LogP contribution in [0.25, 0.3) is 0 Å². The zero-order chi connectivity index (χ0) is 15.4. The molecule has 0 aliphatic carbocycles. The highest BCUT2D eigenvalue weighted by Crippen LogP contribution is 2.29. The summed E-state index contributed by atoms with van der Waals surface area (Å²) in [5.74, 6) is -0.681. The summed E-state index contributed by atoms with van der Waals surface area (Å²) in [6.45, 7) is 1.70. The number of carboxylic acid groups (broad SMARTS) is 1. The number of benzene rings is 1. The maximum absolute atomic E-state index is 11.0. The predicted octanol–water partition coefficient (Wildman–Crippen LogP) is 2.72. The van der Waals surface area contributed by atoms with Crippen molar-refractivity contribution in [1.29, 1.82) is 0 Å². The number of hydrogen-bond acceptors (Lipinski definition) is 5. The average Bonchev–Trinajstić information content (AvgIpc) is 2.42. The number of carboxylic acids is 1. The monoisotopic (exact) mass is 288 g/mol. The molecule has 0 aliphatic rings. The quantitative estimate of drug-likeness (QED) is 0.670. The van der Waals surface area contributed by atoms with Crippen LogP contribution >= 0.6 is 0 Å². The molecule has 1 aromatic carbocycles. The molecule has 108 valence electrons. The molecule has 0 atom stereocenters. The van der Waals surface area contributed by atoms with Crippen molar-refractivity contribution in [2.75, 3.05) is 0 Å². The van der Waals surface area contributed by atoms with Gasteiger partial charge in [0.2, 0.25) is 0 Å². The predicted molar refractivity (Wildman–Crippen MR) is 73.5 cm³/mol. The summed E-state index contributed by atoms with van der Waals surface area (Å²) in [5, 5.41) is 19.6. The molecule has 0 spiro atoms. The Balaban J connectivity index is 2.22. The second-order valence-electron chi connectivity index (χ2n) is 4.41. The van der Waals surface area contributed by atoms with Gasteiger partial charge in [-0.15, -0.1) is 0 Å². The Kier molecular flexibility index (Phi) is 4.13. The van der Waals surface area contributed by atoms with E-state index in [0.29, 0.717) is 16.9 Å². The Hall–Kier alpha value is -2.96. The fraction of sp³-hybridized carbons (Fsp3) is 0.143. The summed E-state index contributed by atoms with van der Waals surface area (Å²) in [6.07, 6.45) is 1.38. The highest BCUT2D eigenvalue weighted by atomic mass is 16.6. The molecule has 0 fully saturated rings. The van der Waals surface area contributed by atoms with Gasteiger partial charge in [0, 0.05) is 12.3 Å². The smallest absolute Gasteiger partial charge is 0.331 e. The lowest BCUT2D eigenvalue weighted by molar-refractivity contribution is -0.386. The molecule has 7 nitrogen and oxygen atoms in total. The third kappa shape index (κ3) is 3.75. The summed E-state index contributed by atoms with van der Waals surface area (Å²) in [6, 6.07) is 7.64. The van der Waals surface area contributed by atoms with E-state index in [1.165, 1.54) is 12.3 Å². The molecule has 7 heteroatoms. The third-order valence-electron chi connectivity index (χ3n) is 2.66. The van der Waals surface area contributed by atoms with Gasteiger partial charge in [0.05, 0.1) is 11.3 Å². The number of aryl methyl sites for hydroxylation is 1. The van der Waals surface area contributed by atoms with E-state index in [-0.39, 0.29) is 18.0 Å². The Morgan fingerprint density at radius 3 is 2.62 bits per heavy atom. The average molecular weight is 288 g/mol. The van der Waals surface area contributed by atoms with E-state index in [2.05, 4.69) is 4.98 Å². The lowest BCUT2D eigenvalue weighted by atomic mass is 10.1. The minimum absolute atomic E-state index is 0.0940. The zero-order valence-corrected chi connectivity index (χ0v) is 11.1. The van der Waals surface area contributed by atoms with Gasteiger partial charge in [-0.3, -0.25) is 14.9 Å². The summed E-state index contributed by atoms with van der Waals surface area (Å²) >= 11 is 0. The summed E-state index contributed by atoms with van der Waals surface area (Å²) in [4.78, 5) is 24.9. The molecule has 0 unspecified atom stereocenters. The van der Waals surface area contributed by atoms with Crippen molar-refractivity contribution in [3.05, 3.63) is 57.8 Å². The number of rotatable bonds is 5. The molecule has 0 aliphatic heterocycles. The van der Waals surface area contributed by atoms with Gasteiger partial charge in [-0.25, -0.2) is 4.98 Å². The van der Waals surface area contributed by atoms with Crippen LogP contribution in [0, 0.1) is 17.0 Å². The van der Waals surface area contributed by atoms with Gasteiger partial charge in [0.1, 0.15) is 5.75 Å². The van der Waals surface area contributed by atoms with Gasteiger partial charge in [-0.2, -0.15) is 0 Å². The van der Waals surface area contributed by atoms with Gasteiger partial charge in [0.15, 0.2) is 0 Å². The van der Waals surface area contributed by atoms with Gasteiger partial charge in [-0.05, 0) is 30.2 Å². The molecular formula is C14H12N2O5. The minimum Gasteiger partial charge on any atom is -0.481 e. The Labute approximate surface area is 120 Å². The van der Waals surface area contributed by atoms with Crippen molar-refractivity contribution >= 4 is 11.7 Å². The zero-order valence-electron chi connectivity index (χ0n) is 11.1. The number of nitro groups is 1. The van der Waals surface area contributed by atoms with E-state index in [0.717, 1.165) is 0 Å². The lowest BCUT2D eigenvalue weighted by Gasteiger charge is -2.06. The summed E-state index contributed by atoms with van der Waals surface area (Å²) in [5.41, 5.74) is 1.05. The number of aliphatic carboxylic acids is 1. The molecule has 1 heterocycles. The number of hydrogen-bond donors (Lipinski definition) is 1. The van der Waals surface area contributed by atoms with Crippen molar-refractivity contribution in [1.82, 2.24) is 4.98 Å². The van der Waals surface area contributed by atoms with Crippen LogP contribution in [0.5, 0.6) is 11.6 Å². The first-order chi connectivity index (χ1) is 9.95. The molecule has 1 aromatic heterocycles. The Morgan fingerprint density at radius 1 is 1.38 bits per heavy atom. The van der Waals surface area contributed by atoms with Crippen LogP contribution < -0.4 is 4.74 Å². The van der Waals surface area contributed by atoms with Gasteiger partial charge < -0.3 is 9.84 Å². The van der Waals surface area contributed by atoms with Crippen LogP contribution in [-0.4, -0.2) is 21.0 Å². The molecule has 2 aromatic rings. The number of carbonyl (C=O) groups is 1. The highest BCUT2D eigenvalue weighted by Gasteiger charge is 2.17. The Morgan fingerprint density at radius 2 is 2.05 bits per heavy atom. The van der Waals surface area contributed by atoms with Crippen LogP contribution in [0.15, 0.2) is 36.5 Å². The number of pyridine rings is 1. The molecule has 0 saturated heterocycles. The highest BCUT2D eigenvalue weighted by molar-refractivity contribution is 5.70. The first-order valence-corrected chi connectivity index (χ1v) is 6.05. The normalized spacial score (nSPS) is 10.1. The molecule has 1 N–H and O–H groups in total. The summed E-state index contributed by atoms with van der Waals surface area (Å²) < 4.78 is 5.39. The van der Waals surface area contributed by atoms with Gasteiger partial charge >= 0.3 is 11.7 Å². The standard InChI is InChI=1S/C14H12N2O5/c1-9-6-12(16(19)20)14(15-8-9)21-11-4-2-10(3-5-11)7-13(17)18/h2-6,8H,7H2,1H3,(H,17,18). The van der Waals surface area contributed by atoms with Crippen LogP contribution in [0.4, 0.5) is 5.69 Å². The van der Waals surface area contributed by atoms with Crippen molar-refractivity contribution in [2.45, 2.75) is 13.3 Å². The maximum Gasteiger partial charge on any atom is 0.331 e. The lowest BCUT2D eigenvalue weighted by Crippen LogP contribution is -2.00. The fourth-order valence-electron chi connectivity index (χ4n) is 1.71. The Bertz CT molecular complexity index is 682. The van der Waals surface area contributed by atoms with Gasteiger partial charge in [-0.1, -0.05) is 12.1 Å². The first-order valence-electron chi connectivity index (χ1n) is 6.05. The largest absolute Gasteiger partial charge is 0.481 e. The van der Waals surface area contributed by atoms with E-state index < -0.39 is 10.9 Å². The summed E-state index contributed by atoms with van der Waals surface area (Å²) in [7, 11) is 0. The molecule has 21 heavy (non-hydrogen) atoms. The second-order valence-corrected chi connectivity index (χ2v) is 4.41. The third-order valence-corrected chi connectivity index (χ3v) is 2.66. The number of aromatic nitrogens is 1. The minimum atomic E-state index is -0.931. The molecule has 0 amide bonds. The molecular weight excluding hydrogens is 276 g/mol. The molecule has 0 saturated carbocycles. The van der Waals surface area contributed by atoms with Crippen molar-refractivity contribution in [2.24, 2.45) is 0 Å². The second kappa shape index (κ2) is 6.00. The molecule has 0 radical (unpaired) electrons. The van der Waals surface area contributed by atoms with E-state index in [4.69, 9.17) is 9.84 Å². The topological polar surface area (TPSA) is 103 Å². The van der Waals surface area contributed by atoms with Crippen LogP contribution in [-0.2, 0) is 11.2 Å². The molecule has 0 bridgehead atoms. The molecule has 2 rings (SSSR count). The fourth-order valence-corrected chi connectivity index (χ4v) is 1.71. The number of nitrogens with zero attached hydrogens (tertiary/aromatic N) is 2. The van der Waals surface area contributed by atoms with Crippen LogP contribution in [0.1, 0.15) is 11.1 Å². The van der Waals surface area contributed by atoms with Crippen molar-refractivity contribution in [3.8, 4) is 11.6 Å². The van der Waals surface area contributed by atoms with E-state index in [9.17, 15) is 14.9 Å². The van der Waals surface area contributed by atoms with E-state index >= 15 is 0 Å². The van der Waals surface area contributed by atoms with E-state index in [1.807, 2.05) is 0 Å². The van der Waals surface area contributed by atoms with Gasteiger partial charge in [0.25, 0.3) is 5.88 Å². The van der Waals surface area contributed by atoms with E-state index in [1.54, 1.807) is 31.2 Å². The number of ether oxygens (including phenoxy) is 1. The van der Waals surface area contributed by atoms with Crippen LogP contribution in [0.2, 0.25) is 0 Å². The van der Waals surface area contributed by atoms with Crippen LogP contribution in [0.3, 0.4) is 0 Å². The van der Waals surface area contributed by atoms with Crippen molar-refractivity contribution < 1.29 is 19.6 Å². The van der Waals surface area contributed by atoms with Crippen molar-refractivity contribution in [3.63, 3.8) is 0 Å². The SMILES string of the molecule is Cc1cnc(Oc2ccc(CC(=O)O)cc2)c([N+](=O)[O-])c1.